The third-order valence-corrected chi connectivity index (χ3v) is 4.14. The molecule has 2 amide bonds. The Kier molecular flexibility index (Phi) is 5.94. The number of aliphatic carboxylic acids is 1. The first-order valence-electron chi connectivity index (χ1n) is 8.69. The summed E-state index contributed by atoms with van der Waals surface area (Å²) in [6, 6.07) is 14.1. The summed E-state index contributed by atoms with van der Waals surface area (Å²) in [5.41, 5.74) is 0.972. The fourth-order valence-corrected chi connectivity index (χ4v) is 2.69. The fraction of sp³-hybridized carbons (Fsp3) is 0.0952. The van der Waals surface area contributed by atoms with Gasteiger partial charge in [0.05, 0.1) is 17.5 Å². The maximum atomic E-state index is 12.7. The maximum Gasteiger partial charge on any atom is 0.326 e. The van der Waals surface area contributed by atoms with Gasteiger partial charge in [0.25, 0.3) is 11.8 Å². The normalized spacial score (nSPS) is 11.4. The molecule has 8 nitrogen and oxygen atoms in total. The molecule has 0 aliphatic rings. The number of furan rings is 1. The highest BCUT2D eigenvalue weighted by atomic mass is 16.4. The number of benzene rings is 2. The lowest BCUT2D eigenvalue weighted by atomic mass is 10.0. The van der Waals surface area contributed by atoms with Gasteiger partial charge in [-0.05, 0) is 42.0 Å². The number of amides is 2. The summed E-state index contributed by atoms with van der Waals surface area (Å²) < 4.78 is 5.03. The van der Waals surface area contributed by atoms with Crippen LogP contribution in [0.3, 0.4) is 0 Å². The lowest BCUT2D eigenvalue weighted by molar-refractivity contribution is -0.139. The Morgan fingerprint density at radius 3 is 2.31 bits per heavy atom. The van der Waals surface area contributed by atoms with Gasteiger partial charge in [-0.1, -0.05) is 24.3 Å². The quantitative estimate of drug-likeness (QED) is 0.488. The summed E-state index contributed by atoms with van der Waals surface area (Å²) in [6.45, 7) is 0. The molecule has 0 radical (unpaired) electrons. The van der Waals surface area contributed by atoms with Crippen molar-refractivity contribution in [2.75, 3.05) is 5.32 Å². The fourth-order valence-electron chi connectivity index (χ4n) is 2.69. The number of hydrogen-bond acceptors (Lipinski definition) is 5. The Bertz CT molecular complexity index is 1010. The third kappa shape index (κ3) is 5.01. The number of carboxylic acids is 1. The van der Waals surface area contributed by atoms with Gasteiger partial charge in [0.1, 0.15) is 11.8 Å². The molecule has 2 aromatic carbocycles. The van der Waals surface area contributed by atoms with Crippen LogP contribution >= 0.6 is 0 Å². The van der Waals surface area contributed by atoms with E-state index in [0.717, 1.165) is 0 Å². The highest BCUT2D eigenvalue weighted by Gasteiger charge is 2.23. The van der Waals surface area contributed by atoms with Gasteiger partial charge < -0.3 is 25.3 Å². The molecule has 1 atom stereocenters. The van der Waals surface area contributed by atoms with E-state index in [-0.39, 0.29) is 29.2 Å². The number of nitrogens with one attached hydrogen (secondary N) is 2. The average molecular weight is 394 g/mol. The van der Waals surface area contributed by atoms with Crippen LogP contribution in [-0.2, 0) is 11.2 Å². The molecule has 4 N–H and O–H groups in total. The lowest BCUT2D eigenvalue weighted by Crippen LogP contribution is -2.42. The molecule has 0 aliphatic carbocycles. The van der Waals surface area contributed by atoms with E-state index in [4.69, 9.17) is 4.42 Å². The SMILES string of the molecule is O=C(Nc1ccccc1C(=O)N[C@@H](Cc1ccc(O)cc1)C(=O)O)c1ccco1. The van der Waals surface area contributed by atoms with Crippen molar-refractivity contribution >= 4 is 23.5 Å². The third-order valence-electron chi connectivity index (χ3n) is 4.14. The summed E-state index contributed by atoms with van der Waals surface area (Å²) >= 11 is 0. The van der Waals surface area contributed by atoms with E-state index < -0.39 is 23.8 Å². The Morgan fingerprint density at radius 1 is 0.931 bits per heavy atom. The van der Waals surface area contributed by atoms with Gasteiger partial charge in [0.15, 0.2) is 5.76 Å². The highest BCUT2D eigenvalue weighted by Crippen LogP contribution is 2.17. The second-order valence-corrected chi connectivity index (χ2v) is 6.21. The summed E-state index contributed by atoms with van der Waals surface area (Å²) in [5.74, 6) is -2.24. The molecule has 29 heavy (non-hydrogen) atoms. The number of carbonyl (C=O) groups is 3. The van der Waals surface area contributed by atoms with Gasteiger partial charge in [-0.2, -0.15) is 0 Å². The molecule has 0 saturated heterocycles. The van der Waals surface area contributed by atoms with Gasteiger partial charge in [-0.3, -0.25) is 9.59 Å². The monoisotopic (exact) mass is 394 g/mol. The Balaban J connectivity index is 1.75. The number of rotatable bonds is 7. The van der Waals surface area contributed by atoms with Crippen molar-refractivity contribution in [1.82, 2.24) is 5.32 Å². The smallest absolute Gasteiger partial charge is 0.326 e. The first-order chi connectivity index (χ1) is 13.9. The summed E-state index contributed by atoms with van der Waals surface area (Å²) in [7, 11) is 0. The van der Waals surface area contributed by atoms with Crippen molar-refractivity contribution in [2.24, 2.45) is 0 Å². The van der Waals surface area contributed by atoms with Gasteiger partial charge in [0.2, 0.25) is 0 Å². The Morgan fingerprint density at radius 2 is 1.66 bits per heavy atom. The van der Waals surface area contributed by atoms with Crippen LogP contribution in [-0.4, -0.2) is 34.0 Å². The van der Waals surface area contributed by atoms with Crippen LogP contribution in [0, 0.1) is 0 Å². The van der Waals surface area contributed by atoms with Gasteiger partial charge in [0, 0.05) is 6.42 Å². The average Bonchev–Trinajstić information content (AvgIpc) is 3.24. The zero-order chi connectivity index (χ0) is 20.8. The molecular weight excluding hydrogens is 376 g/mol. The number of para-hydroxylation sites is 1. The largest absolute Gasteiger partial charge is 0.508 e. The van der Waals surface area contributed by atoms with Gasteiger partial charge in [-0.25, -0.2) is 4.79 Å². The topological polar surface area (TPSA) is 129 Å². The van der Waals surface area contributed by atoms with Gasteiger partial charge >= 0.3 is 5.97 Å². The van der Waals surface area contributed by atoms with Crippen molar-refractivity contribution in [2.45, 2.75) is 12.5 Å². The molecule has 0 aliphatic heterocycles. The zero-order valence-electron chi connectivity index (χ0n) is 15.2. The summed E-state index contributed by atoms with van der Waals surface area (Å²) in [6.07, 6.45) is 1.39. The first kappa shape index (κ1) is 19.7. The number of aromatic hydroxyl groups is 1. The second-order valence-electron chi connectivity index (χ2n) is 6.21. The minimum Gasteiger partial charge on any atom is -0.508 e. The minimum atomic E-state index is -1.21. The van der Waals surface area contributed by atoms with Crippen molar-refractivity contribution in [3.05, 3.63) is 83.8 Å². The lowest BCUT2D eigenvalue weighted by Gasteiger charge is -2.16. The minimum absolute atomic E-state index is 0.0300. The molecular formula is C21H18N2O6. The zero-order valence-corrected chi connectivity index (χ0v) is 15.2. The van der Waals surface area contributed by atoms with Crippen LogP contribution < -0.4 is 10.6 Å². The van der Waals surface area contributed by atoms with E-state index in [1.54, 1.807) is 30.3 Å². The Labute approximate surface area is 165 Å². The van der Waals surface area contributed by atoms with Crippen LogP contribution in [0.5, 0.6) is 5.75 Å². The van der Waals surface area contributed by atoms with E-state index >= 15 is 0 Å². The van der Waals surface area contributed by atoms with E-state index in [0.29, 0.717) is 5.56 Å². The number of hydrogen-bond donors (Lipinski definition) is 4. The van der Waals surface area contributed by atoms with E-state index in [2.05, 4.69) is 10.6 Å². The molecule has 148 valence electrons. The molecule has 1 aromatic heterocycles. The van der Waals surface area contributed by atoms with E-state index in [9.17, 15) is 24.6 Å². The van der Waals surface area contributed by atoms with Crippen molar-refractivity contribution in [1.29, 1.82) is 0 Å². The highest BCUT2D eigenvalue weighted by molar-refractivity contribution is 6.08. The molecule has 0 spiro atoms. The summed E-state index contributed by atoms with van der Waals surface area (Å²) in [5, 5.41) is 23.9. The van der Waals surface area contributed by atoms with E-state index in [1.807, 2.05) is 0 Å². The second kappa shape index (κ2) is 8.75. The van der Waals surface area contributed by atoms with Crippen LogP contribution in [0.25, 0.3) is 0 Å². The number of phenols is 1. The molecule has 0 saturated carbocycles. The predicted octanol–water partition coefficient (Wildman–Crippen LogP) is 2.66. The molecule has 0 unspecified atom stereocenters. The van der Waals surface area contributed by atoms with Crippen LogP contribution in [0.2, 0.25) is 0 Å². The maximum absolute atomic E-state index is 12.7. The van der Waals surface area contributed by atoms with Crippen LogP contribution in [0.15, 0.2) is 71.3 Å². The molecule has 1 heterocycles. The number of carbonyl (C=O) groups excluding carboxylic acids is 2. The number of phenolic OH excluding ortho intramolecular Hbond substituents is 1. The molecule has 3 rings (SSSR count). The molecule has 0 fully saturated rings. The molecule has 8 heteroatoms. The first-order valence-corrected chi connectivity index (χ1v) is 8.69. The van der Waals surface area contributed by atoms with Crippen molar-refractivity contribution in [3.63, 3.8) is 0 Å². The number of anilines is 1. The van der Waals surface area contributed by atoms with Gasteiger partial charge in [-0.15, -0.1) is 0 Å². The molecule has 0 bridgehead atoms. The predicted molar refractivity (Wildman–Crippen MR) is 104 cm³/mol. The molecule has 3 aromatic rings. The number of carboxylic acid groups (broad SMARTS) is 1. The standard InChI is InChI=1S/C21H18N2O6/c24-14-9-7-13(8-10-14)12-17(21(27)28)23-19(25)15-4-1-2-5-16(15)22-20(26)18-6-3-11-29-18/h1-11,17,24H,12H2,(H,22,26)(H,23,25)(H,27,28)/t17-/m0/s1. The Hall–Kier alpha value is -4.07. The van der Waals surface area contributed by atoms with Crippen LogP contribution in [0.1, 0.15) is 26.5 Å². The summed E-state index contributed by atoms with van der Waals surface area (Å²) in [4.78, 5) is 36.5. The van der Waals surface area contributed by atoms with E-state index in [1.165, 1.54) is 36.6 Å². The van der Waals surface area contributed by atoms with Crippen LogP contribution in [0.4, 0.5) is 5.69 Å². The van der Waals surface area contributed by atoms with Crippen molar-refractivity contribution in [3.8, 4) is 5.75 Å². The van der Waals surface area contributed by atoms with Crippen molar-refractivity contribution < 1.29 is 29.0 Å².